The number of carbonyl (C=O) groups is 12. The molecule has 568 valence electrons. The molecule has 103 heavy (non-hydrogen) atoms. The molecule has 6 fully saturated rings. The first kappa shape index (κ1) is 80.8. The van der Waals surface area contributed by atoms with Gasteiger partial charge in [-0.25, -0.2) is 0 Å². The van der Waals surface area contributed by atoms with Crippen LogP contribution in [0.3, 0.4) is 0 Å². The fourth-order valence-electron chi connectivity index (χ4n) is 15.7. The summed E-state index contributed by atoms with van der Waals surface area (Å²) in [6, 6.07) is -0.771. The summed E-state index contributed by atoms with van der Waals surface area (Å²) in [5.41, 5.74) is -0.791. The molecule has 2 aliphatic carbocycles. The van der Waals surface area contributed by atoms with Crippen molar-refractivity contribution in [3.05, 3.63) is 69.7 Å². The van der Waals surface area contributed by atoms with E-state index in [1.165, 1.54) is 89.6 Å². The van der Waals surface area contributed by atoms with E-state index in [0.29, 0.717) is 75.6 Å². The van der Waals surface area contributed by atoms with E-state index in [-0.39, 0.29) is 70.4 Å². The molecular formula is C75H108ClF3N12O12. The topological polar surface area (TPSA) is 270 Å². The van der Waals surface area contributed by atoms with Crippen LogP contribution in [0, 0.1) is 24.7 Å². The van der Waals surface area contributed by atoms with Gasteiger partial charge in [0.2, 0.25) is 70.9 Å². The number of aryl methyl sites for hydroxylation is 2. The Morgan fingerprint density at radius 2 is 1.26 bits per heavy atom. The molecule has 28 heteroatoms. The summed E-state index contributed by atoms with van der Waals surface area (Å²) in [6.07, 6.45) is 1.67. The van der Waals surface area contributed by atoms with Gasteiger partial charge in [0, 0.05) is 74.9 Å². The van der Waals surface area contributed by atoms with Gasteiger partial charge in [-0.1, -0.05) is 107 Å². The molecular weight excluding hydrogens is 1350 g/mol. The molecule has 2 aromatic carbocycles. The van der Waals surface area contributed by atoms with Crippen molar-refractivity contribution in [2.75, 3.05) is 75.0 Å². The predicted molar refractivity (Wildman–Crippen MR) is 380 cm³/mol. The van der Waals surface area contributed by atoms with Crippen molar-refractivity contribution in [3.63, 3.8) is 0 Å². The quantitative estimate of drug-likeness (QED) is 0.229. The average Bonchev–Trinajstić information content (AvgIpc) is 1.41. The molecule has 12 amide bonds. The van der Waals surface area contributed by atoms with E-state index in [1.807, 2.05) is 39.8 Å². The number of rotatable bonds is 11. The molecule has 0 radical (unpaired) electrons. The van der Waals surface area contributed by atoms with Gasteiger partial charge in [-0.15, -0.1) is 0 Å². The van der Waals surface area contributed by atoms with Crippen LogP contribution in [0.25, 0.3) is 0 Å². The molecule has 1 spiro atoms. The second-order valence-electron chi connectivity index (χ2n) is 30.2. The molecule has 4 aliphatic heterocycles. The second-order valence-corrected chi connectivity index (χ2v) is 30.6. The maximum absolute atomic E-state index is 15.8. The first-order chi connectivity index (χ1) is 48.6. The van der Waals surface area contributed by atoms with Crippen molar-refractivity contribution in [1.82, 2.24) is 60.0 Å². The van der Waals surface area contributed by atoms with Gasteiger partial charge in [-0.2, -0.15) is 13.2 Å². The lowest BCUT2D eigenvalue weighted by Gasteiger charge is -2.45. The van der Waals surface area contributed by atoms with Gasteiger partial charge in [0.25, 0.3) is 0 Å². The zero-order valence-corrected chi connectivity index (χ0v) is 62.8. The normalized spacial score (nSPS) is 27.1. The number of hydrogen-bond donors (Lipinski definition) is 3. The van der Waals surface area contributed by atoms with Gasteiger partial charge >= 0.3 is 6.18 Å². The predicted octanol–water partition coefficient (Wildman–Crippen LogP) is 6.14. The van der Waals surface area contributed by atoms with Crippen LogP contribution in [0.15, 0.2) is 42.5 Å². The van der Waals surface area contributed by atoms with E-state index in [2.05, 4.69) is 16.0 Å². The SMILES string of the molecule is CC[C@H](C)[C@@H]1NC(=O)[C@H](CC(C)C)N(C)C(=O)C[C@@H](C(=O)N2CCCCC2)N(C)C(=O)[C@H](C2CCCC2)N(C)C(=O)C2(CCCC2)NC(=O)[C@@H]2CCCN2C(=O)[C@H](CCc2ccc(C(F)(F)F)c(Cl)c2)NC(=O)CN(C)C(=O)[C@H](Cc2ccc(C)cc2)N(C)C(=O)[C@@H]2CCN2C(=O)[C@H](C)N(C)C1=O. The van der Waals surface area contributed by atoms with Crippen molar-refractivity contribution in [1.29, 1.82) is 0 Å². The minimum absolute atomic E-state index is 0.0257. The zero-order chi connectivity index (χ0) is 75.7. The molecule has 2 aromatic rings. The summed E-state index contributed by atoms with van der Waals surface area (Å²) in [4.78, 5) is 193. The molecule has 2 saturated carbocycles. The molecule has 6 aliphatic rings. The monoisotopic (exact) mass is 1460 g/mol. The molecule has 0 unspecified atom stereocenters. The third kappa shape index (κ3) is 18.8. The van der Waals surface area contributed by atoms with Crippen LogP contribution in [-0.4, -0.2) is 250 Å². The van der Waals surface area contributed by atoms with Crippen molar-refractivity contribution < 1.29 is 70.7 Å². The third-order valence-electron chi connectivity index (χ3n) is 22.6. The Kier molecular flexibility index (Phi) is 27.3. The zero-order valence-electron chi connectivity index (χ0n) is 62.1. The van der Waals surface area contributed by atoms with Gasteiger partial charge in [0.1, 0.15) is 59.9 Å². The van der Waals surface area contributed by atoms with Crippen LogP contribution in [0.2, 0.25) is 5.02 Å². The molecule has 4 saturated heterocycles. The number of halogens is 4. The van der Waals surface area contributed by atoms with Crippen LogP contribution in [0.4, 0.5) is 13.2 Å². The van der Waals surface area contributed by atoms with Gasteiger partial charge in [-0.3, -0.25) is 57.5 Å². The summed E-state index contributed by atoms with van der Waals surface area (Å²) >= 11 is 6.17. The summed E-state index contributed by atoms with van der Waals surface area (Å²) in [5, 5.41) is 8.20. The number of piperidine rings is 1. The Morgan fingerprint density at radius 1 is 0.631 bits per heavy atom. The summed E-state index contributed by atoms with van der Waals surface area (Å²) in [6.45, 7) is 11.0. The first-order valence-corrected chi connectivity index (χ1v) is 37.3. The summed E-state index contributed by atoms with van der Waals surface area (Å²) in [5.74, 6) is -8.81. The molecule has 24 nitrogen and oxygen atoms in total. The van der Waals surface area contributed by atoms with Crippen LogP contribution in [-0.2, 0) is 76.6 Å². The fourth-order valence-corrected chi connectivity index (χ4v) is 16.1. The lowest BCUT2D eigenvalue weighted by atomic mass is 9.90. The van der Waals surface area contributed by atoms with Crippen LogP contribution >= 0.6 is 11.6 Å². The minimum Gasteiger partial charge on any atom is -0.343 e. The average molecular weight is 1460 g/mol. The van der Waals surface area contributed by atoms with Crippen LogP contribution in [0.5, 0.6) is 0 Å². The molecule has 3 N–H and O–H groups in total. The number of amides is 12. The smallest absolute Gasteiger partial charge is 0.343 e. The van der Waals surface area contributed by atoms with Crippen molar-refractivity contribution in [2.45, 2.75) is 236 Å². The Labute approximate surface area is 609 Å². The molecule has 10 atom stereocenters. The van der Waals surface area contributed by atoms with E-state index in [4.69, 9.17) is 11.6 Å². The number of benzene rings is 2. The van der Waals surface area contributed by atoms with E-state index < -0.39 is 172 Å². The van der Waals surface area contributed by atoms with Gasteiger partial charge in [0.15, 0.2) is 0 Å². The molecule has 4 heterocycles. The van der Waals surface area contributed by atoms with Gasteiger partial charge in [-0.05, 0) is 138 Å². The number of carbonyl (C=O) groups excluding carboxylic acids is 12. The number of nitrogens with zero attached hydrogens (tertiary/aromatic N) is 9. The Hall–Kier alpha value is -7.84. The van der Waals surface area contributed by atoms with Crippen LogP contribution in [0.1, 0.15) is 172 Å². The van der Waals surface area contributed by atoms with E-state index in [1.54, 1.807) is 24.0 Å². The second kappa shape index (κ2) is 34.8. The van der Waals surface area contributed by atoms with E-state index in [9.17, 15) is 32.3 Å². The number of alkyl halides is 3. The highest BCUT2D eigenvalue weighted by Crippen LogP contribution is 2.39. The molecule has 8 rings (SSSR count). The van der Waals surface area contributed by atoms with Gasteiger partial charge < -0.3 is 60.0 Å². The Balaban J connectivity index is 1.19. The van der Waals surface area contributed by atoms with Gasteiger partial charge in [0.05, 0.1) is 23.6 Å². The van der Waals surface area contributed by atoms with Crippen molar-refractivity contribution >= 4 is 82.5 Å². The van der Waals surface area contributed by atoms with E-state index >= 15 is 38.4 Å². The lowest BCUT2D eigenvalue weighted by molar-refractivity contribution is -0.160. The van der Waals surface area contributed by atoms with Crippen molar-refractivity contribution in [2.24, 2.45) is 17.8 Å². The van der Waals surface area contributed by atoms with Crippen molar-refractivity contribution in [3.8, 4) is 0 Å². The highest BCUT2D eigenvalue weighted by molar-refractivity contribution is 6.31. The summed E-state index contributed by atoms with van der Waals surface area (Å²) < 4.78 is 41.7. The maximum atomic E-state index is 15.8. The fraction of sp³-hybridized carbons (Fsp3) is 0.680. The Bertz CT molecular complexity index is 3450. The summed E-state index contributed by atoms with van der Waals surface area (Å²) in [7, 11) is 8.61. The Morgan fingerprint density at radius 3 is 1.85 bits per heavy atom. The number of nitrogens with one attached hydrogen (secondary N) is 3. The molecule has 0 aromatic heterocycles. The number of hydrogen-bond acceptors (Lipinski definition) is 12. The largest absolute Gasteiger partial charge is 0.417 e. The lowest BCUT2D eigenvalue weighted by Crippen LogP contribution is -2.65. The third-order valence-corrected chi connectivity index (χ3v) is 23.0. The minimum atomic E-state index is -4.77. The van der Waals surface area contributed by atoms with Crippen LogP contribution < -0.4 is 16.0 Å². The highest BCUT2D eigenvalue weighted by atomic mass is 35.5. The number of likely N-dealkylation sites (N-methyl/N-ethyl adjacent to an activating group) is 6. The highest BCUT2D eigenvalue weighted by Gasteiger charge is 2.52. The number of likely N-dealkylation sites (tertiary alicyclic amines) is 1. The van der Waals surface area contributed by atoms with E-state index in [0.717, 1.165) is 41.9 Å². The first-order valence-electron chi connectivity index (χ1n) is 36.9. The maximum Gasteiger partial charge on any atom is 0.417 e. The number of fused-ring (bicyclic) bond motifs is 2. The standard InChI is InChI=1S/C75H108ClF3N12O12/c1-13-47(5)62-71(101)84(8)48(6)66(96)91-39-33-56(91)69(99)86(10)58(42-50-27-25-46(4)26-28-50)68(98)83(7)44-60(92)80-54(32-30-49-29-31-52(53(76)41-49)75(77,78)79)67(97)90-38-21-24-55(90)65(95)82-74(34-17-18-35-74)73(103)88(12)63(51-22-15-16-23-51)72(102)87(11)59(70(100)89-36-19-14-20-37-89)43-61(93)85(9)57(40-45(2)3)64(94)81-62/h25-29,31,41,45,47-48,51,54-59,62-63H,13-24,30,32-40,42-44H2,1-12H3,(H,80,92)(H,81,94)(H,82,95)/t47-,48-,54-,55-,56-,57-,58-,59-,62-,63-/m0/s1. The molecule has 0 bridgehead atoms.